The second-order valence-corrected chi connectivity index (χ2v) is 13.7. The van der Waals surface area contributed by atoms with Gasteiger partial charge in [0.1, 0.15) is 28.5 Å². The molecule has 6 heteroatoms. The molecular weight excluding hydrogens is 492 g/mol. The molecule has 0 aliphatic heterocycles. The quantitative estimate of drug-likeness (QED) is 0.146. The zero-order chi connectivity index (χ0) is 29.8. The van der Waals surface area contributed by atoms with E-state index in [0.717, 1.165) is 11.1 Å². The first-order valence-electron chi connectivity index (χ1n) is 13.4. The third-order valence-corrected chi connectivity index (χ3v) is 5.36. The fourth-order valence-electron chi connectivity index (χ4n) is 3.50. The van der Waals surface area contributed by atoms with Crippen LogP contribution in [0.4, 0.5) is 0 Å². The molecule has 39 heavy (non-hydrogen) atoms. The van der Waals surface area contributed by atoms with Crippen molar-refractivity contribution in [2.24, 2.45) is 5.41 Å². The molecule has 0 bridgehead atoms. The topological polar surface area (TPSA) is 71.1 Å². The molecule has 0 aromatic heterocycles. The Bertz CT molecular complexity index is 1180. The van der Waals surface area contributed by atoms with Gasteiger partial charge in [0, 0.05) is 11.1 Å². The molecule has 0 saturated carbocycles. The Kier molecular flexibility index (Phi) is 9.70. The van der Waals surface area contributed by atoms with Gasteiger partial charge < -0.3 is 18.9 Å². The Labute approximate surface area is 234 Å². The van der Waals surface area contributed by atoms with Crippen molar-refractivity contribution in [3.05, 3.63) is 59.2 Å². The third kappa shape index (κ3) is 10.1. The van der Waals surface area contributed by atoms with Crippen LogP contribution in [-0.2, 0) is 14.9 Å². The predicted molar refractivity (Wildman–Crippen MR) is 157 cm³/mol. The van der Waals surface area contributed by atoms with Crippen molar-refractivity contribution in [1.29, 1.82) is 0 Å². The summed E-state index contributed by atoms with van der Waals surface area (Å²) in [6, 6.07) is 10.7. The van der Waals surface area contributed by atoms with Crippen LogP contribution in [0.3, 0.4) is 0 Å². The summed E-state index contributed by atoms with van der Waals surface area (Å²) in [4.78, 5) is 25.0. The SMILES string of the molecule is CC(C)(C)Oc1ccc(C(C)(C)C)c(OC(C)(C)C)c1/C=C/C(=O)c1ccc(OCOC(=O)C(C)(C)C)cc1. The fraction of sp³-hybridized carbons (Fsp3) is 0.515. The summed E-state index contributed by atoms with van der Waals surface area (Å²) in [5.74, 6) is 1.32. The third-order valence-electron chi connectivity index (χ3n) is 5.36. The standard InChI is InChI=1S/C33H46O6/c1-30(2,3)25-18-20-27(38-32(7,8)9)24(28(25)39-33(10,11)12)17-19-26(34)22-13-15-23(16-14-22)36-21-37-29(35)31(4,5)6/h13-20H,21H2,1-12H3/b19-17+. The van der Waals surface area contributed by atoms with E-state index >= 15 is 0 Å². The summed E-state index contributed by atoms with van der Waals surface area (Å²) in [5.41, 5.74) is 0.559. The smallest absolute Gasteiger partial charge is 0.314 e. The Morgan fingerprint density at radius 3 is 1.79 bits per heavy atom. The molecule has 0 atom stereocenters. The van der Waals surface area contributed by atoms with Gasteiger partial charge in [-0.15, -0.1) is 0 Å². The van der Waals surface area contributed by atoms with Gasteiger partial charge in [-0.3, -0.25) is 9.59 Å². The van der Waals surface area contributed by atoms with Gasteiger partial charge in [-0.05, 0) is 110 Å². The maximum atomic E-state index is 13.1. The predicted octanol–water partition coefficient (Wildman–Crippen LogP) is 8.16. The lowest BCUT2D eigenvalue weighted by Gasteiger charge is -2.31. The molecule has 2 aromatic carbocycles. The van der Waals surface area contributed by atoms with E-state index in [1.165, 1.54) is 6.08 Å². The zero-order valence-corrected chi connectivity index (χ0v) is 25.8. The van der Waals surface area contributed by atoms with Crippen LogP contribution in [0.2, 0.25) is 0 Å². The highest BCUT2D eigenvalue weighted by atomic mass is 16.7. The summed E-state index contributed by atoms with van der Waals surface area (Å²) >= 11 is 0. The Hall–Kier alpha value is -3.28. The van der Waals surface area contributed by atoms with E-state index in [2.05, 4.69) is 20.8 Å². The second kappa shape index (κ2) is 11.8. The van der Waals surface area contributed by atoms with Gasteiger partial charge in [0.2, 0.25) is 6.79 Å². The van der Waals surface area contributed by atoms with Gasteiger partial charge >= 0.3 is 5.97 Å². The van der Waals surface area contributed by atoms with Gasteiger partial charge in [0.15, 0.2) is 5.78 Å². The van der Waals surface area contributed by atoms with Gasteiger partial charge in [-0.1, -0.05) is 26.8 Å². The highest BCUT2D eigenvalue weighted by Crippen LogP contribution is 2.42. The van der Waals surface area contributed by atoms with E-state index in [1.54, 1.807) is 51.1 Å². The highest BCUT2D eigenvalue weighted by Gasteiger charge is 2.28. The molecule has 0 amide bonds. The first-order valence-corrected chi connectivity index (χ1v) is 13.4. The largest absolute Gasteiger partial charge is 0.487 e. The molecule has 0 unspecified atom stereocenters. The Balaban J connectivity index is 2.37. The summed E-state index contributed by atoms with van der Waals surface area (Å²) in [6.07, 6.45) is 3.31. The van der Waals surface area contributed by atoms with Crippen LogP contribution in [0.15, 0.2) is 42.5 Å². The van der Waals surface area contributed by atoms with Crippen LogP contribution in [-0.4, -0.2) is 29.7 Å². The summed E-state index contributed by atoms with van der Waals surface area (Å²) in [5, 5.41) is 0. The van der Waals surface area contributed by atoms with Crippen molar-refractivity contribution in [3.8, 4) is 17.2 Å². The number of carbonyl (C=O) groups is 2. The van der Waals surface area contributed by atoms with Crippen LogP contribution < -0.4 is 14.2 Å². The first-order chi connectivity index (χ1) is 17.7. The molecule has 0 radical (unpaired) electrons. The number of ketones is 1. The maximum absolute atomic E-state index is 13.1. The number of rotatable bonds is 8. The average molecular weight is 539 g/mol. The van der Waals surface area contributed by atoms with E-state index in [4.69, 9.17) is 18.9 Å². The molecule has 0 spiro atoms. The number of benzene rings is 2. The highest BCUT2D eigenvalue weighted by molar-refractivity contribution is 6.07. The van der Waals surface area contributed by atoms with Gasteiger partial charge in [0.05, 0.1) is 11.0 Å². The number of hydrogen-bond acceptors (Lipinski definition) is 6. The van der Waals surface area contributed by atoms with Crippen molar-refractivity contribution < 1.29 is 28.5 Å². The van der Waals surface area contributed by atoms with Crippen molar-refractivity contribution in [3.63, 3.8) is 0 Å². The lowest BCUT2D eigenvalue weighted by molar-refractivity contribution is -0.159. The van der Waals surface area contributed by atoms with Crippen molar-refractivity contribution >= 4 is 17.8 Å². The summed E-state index contributed by atoms with van der Waals surface area (Å²) < 4.78 is 23.4. The van der Waals surface area contributed by atoms with Crippen molar-refractivity contribution in [2.45, 2.75) is 99.7 Å². The fourth-order valence-corrected chi connectivity index (χ4v) is 3.50. The van der Waals surface area contributed by atoms with Crippen LogP contribution in [0.5, 0.6) is 17.2 Å². The van der Waals surface area contributed by atoms with Crippen LogP contribution in [0, 0.1) is 5.41 Å². The molecule has 214 valence electrons. The second-order valence-electron chi connectivity index (χ2n) is 13.7. The molecule has 0 saturated heterocycles. The average Bonchev–Trinajstić information content (AvgIpc) is 2.75. The van der Waals surface area contributed by atoms with Crippen molar-refractivity contribution in [2.75, 3.05) is 6.79 Å². The summed E-state index contributed by atoms with van der Waals surface area (Å²) in [6.45, 7) is 23.5. The normalized spacial score (nSPS) is 12.8. The van der Waals surface area contributed by atoms with Gasteiger partial charge in [0.25, 0.3) is 0 Å². The lowest BCUT2D eigenvalue weighted by Crippen LogP contribution is -2.27. The maximum Gasteiger partial charge on any atom is 0.314 e. The zero-order valence-electron chi connectivity index (χ0n) is 25.8. The molecule has 0 aliphatic rings. The van der Waals surface area contributed by atoms with Crippen LogP contribution in [0.1, 0.15) is 105 Å². The van der Waals surface area contributed by atoms with E-state index in [9.17, 15) is 9.59 Å². The van der Waals surface area contributed by atoms with Crippen LogP contribution in [0.25, 0.3) is 6.08 Å². The van der Waals surface area contributed by atoms with E-state index in [-0.39, 0.29) is 24.0 Å². The van der Waals surface area contributed by atoms with Crippen molar-refractivity contribution in [1.82, 2.24) is 0 Å². The molecule has 2 aromatic rings. The van der Waals surface area contributed by atoms with E-state index < -0.39 is 16.6 Å². The van der Waals surface area contributed by atoms with E-state index in [1.807, 2.05) is 53.7 Å². The molecule has 6 nitrogen and oxygen atoms in total. The molecule has 0 fully saturated rings. The van der Waals surface area contributed by atoms with Gasteiger partial charge in [-0.25, -0.2) is 0 Å². The minimum atomic E-state index is -0.603. The summed E-state index contributed by atoms with van der Waals surface area (Å²) in [7, 11) is 0. The molecule has 0 N–H and O–H groups in total. The van der Waals surface area contributed by atoms with Crippen LogP contribution >= 0.6 is 0 Å². The molecule has 0 aliphatic carbocycles. The number of carbonyl (C=O) groups excluding carboxylic acids is 2. The Morgan fingerprint density at radius 1 is 0.744 bits per heavy atom. The Morgan fingerprint density at radius 2 is 1.31 bits per heavy atom. The minimum absolute atomic E-state index is 0.176. The monoisotopic (exact) mass is 538 g/mol. The number of allylic oxidation sites excluding steroid dienone is 1. The number of esters is 1. The molecular formula is C33H46O6. The molecule has 0 heterocycles. The molecule has 2 rings (SSSR count). The van der Waals surface area contributed by atoms with Gasteiger partial charge in [-0.2, -0.15) is 0 Å². The minimum Gasteiger partial charge on any atom is -0.487 e. The lowest BCUT2D eigenvalue weighted by atomic mass is 9.84. The number of ether oxygens (including phenoxy) is 4. The first kappa shape index (κ1) is 31.9. The number of hydrogen-bond donors (Lipinski definition) is 0. The van der Waals surface area contributed by atoms with E-state index in [0.29, 0.717) is 22.8 Å².